The van der Waals surface area contributed by atoms with Crippen LogP contribution < -0.4 is 10.2 Å². The maximum absolute atomic E-state index is 11.9. The Morgan fingerprint density at radius 1 is 1.57 bits per heavy atom. The lowest BCUT2D eigenvalue weighted by Gasteiger charge is -2.42. The van der Waals surface area contributed by atoms with Gasteiger partial charge in [-0.25, -0.2) is 9.78 Å². The van der Waals surface area contributed by atoms with Crippen LogP contribution in [0.15, 0.2) is 12.3 Å². The highest BCUT2D eigenvalue weighted by Crippen LogP contribution is 2.29. The lowest BCUT2D eigenvalue weighted by Crippen LogP contribution is -2.62. The first-order chi connectivity index (χ1) is 9.75. The Morgan fingerprint density at radius 3 is 2.81 bits per heavy atom. The largest absolute Gasteiger partial charge is 0.478 e. The van der Waals surface area contributed by atoms with Gasteiger partial charge in [-0.2, -0.15) is 0 Å². The van der Waals surface area contributed by atoms with Gasteiger partial charge in [0.2, 0.25) is 5.91 Å². The summed E-state index contributed by atoms with van der Waals surface area (Å²) in [4.78, 5) is 38.7. The fourth-order valence-corrected chi connectivity index (χ4v) is 2.19. The minimum Gasteiger partial charge on any atom is -0.478 e. The average molecular weight is 294 g/mol. The summed E-state index contributed by atoms with van der Waals surface area (Å²) in [5.74, 6) is -1.54. The number of nitro groups is 1. The predicted molar refractivity (Wildman–Crippen MR) is 72.3 cm³/mol. The van der Waals surface area contributed by atoms with Crippen molar-refractivity contribution in [2.24, 2.45) is 0 Å². The lowest BCUT2D eigenvalue weighted by molar-refractivity contribution is -0.385. The second-order valence-electron chi connectivity index (χ2n) is 5.09. The molecule has 0 radical (unpaired) electrons. The van der Waals surface area contributed by atoms with Crippen molar-refractivity contribution >= 4 is 23.4 Å². The molecule has 1 fully saturated rings. The van der Waals surface area contributed by atoms with Gasteiger partial charge >= 0.3 is 5.97 Å². The maximum Gasteiger partial charge on any atom is 0.339 e. The van der Waals surface area contributed by atoms with E-state index in [1.807, 2.05) is 0 Å². The van der Waals surface area contributed by atoms with Crippen molar-refractivity contribution in [2.45, 2.75) is 19.4 Å². The molecule has 1 amide bonds. The Bertz CT molecular complexity index is 628. The minimum atomic E-state index is -1.33. The van der Waals surface area contributed by atoms with Gasteiger partial charge in [0.1, 0.15) is 23.1 Å². The highest BCUT2D eigenvalue weighted by atomic mass is 16.6. The Kier molecular flexibility index (Phi) is 3.50. The van der Waals surface area contributed by atoms with E-state index >= 15 is 0 Å². The normalized spacial score (nSPS) is 17.2. The van der Waals surface area contributed by atoms with E-state index in [9.17, 15) is 24.8 Å². The molecule has 1 aliphatic heterocycles. The van der Waals surface area contributed by atoms with E-state index in [1.165, 1.54) is 0 Å². The third kappa shape index (κ3) is 2.49. The quantitative estimate of drug-likeness (QED) is 0.610. The molecule has 2 rings (SSSR count). The Labute approximate surface area is 119 Å². The number of anilines is 1. The van der Waals surface area contributed by atoms with E-state index in [1.54, 1.807) is 18.7 Å². The molecular weight excluding hydrogens is 280 g/mol. The second-order valence-corrected chi connectivity index (χ2v) is 5.09. The Balaban J connectivity index is 2.55. The number of carbonyl (C=O) groups is 2. The zero-order valence-electron chi connectivity index (χ0n) is 11.5. The molecule has 0 spiro atoms. The number of carboxylic acid groups (broad SMARTS) is 1. The van der Waals surface area contributed by atoms with Gasteiger partial charge < -0.3 is 15.3 Å². The molecule has 0 bridgehead atoms. The molecule has 0 unspecified atom stereocenters. The van der Waals surface area contributed by atoms with Crippen LogP contribution in [0.4, 0.5) is 11.5 Å². The third-order valence-electron chi connectivity index (χ3n) is 3.40. The number of carbonyl (C=O) groups excluding carboxylic acids is 1. The first-order valence-electron chi connectivity index (χ1n) is 6.19. The lowest BCUT2D eigenvalue weighted by atomic mass is 9.98. The first kappa shape index (κ1) is 14.7. The average Bonchev–Trinajstić information content (AvgIpc) is 2.41. The Morgan fingerprint density at radius 2 is 2.24 bits per heavy atom. The SMILES string of the molecule is CC1(C)C(=O)NCCN1c1ncc([N+](=O)[O-])cc1C(=O)O. The molecule has 1 aromatic heterocycles. The van der Waals surface area contributed by atoms with E-state index in [0.29, 0.717) is 13.1 Å². The fourth-order valence-electron chi connectivity index (χ4n) is 2.19. The molecular formula is C12H14N4O5. The topological polar surface area (TPSA) is 126 Å². The number of hydrogen-bond donors (Lipinski definition) is 2. The number of pyridine rings is 1. The van der Waals surface area contributed by atoms with Crippen LogP contribution in [-0.2, 0) is 4.79 Å². The molecule has 9 nitrogen and oxygen atoms in total. The number of aromatic carboxylic acids is 1. The molecule has 0 atom stereocenters. The van der Waals surface area contributed by atoms with Crippen LogP contribution in [0, 0.1) is 10.1 Å². The standard InChI is InChI=1S/C12H14N4O5/c1-12(2)11(19)13-3-4-15(12)9-8(10(17)18)5-7(6-14-9)16(20)21/h5-6H,3-4H2,1-2H3,(H,13,19)(H,17,18). The van der Waals surface area contributed by atoms with Crippen LogP contribution in [0.25, 0.3) is 0 Å². The number of carboxylic acids is 1. The second kappa shape index (κ2) is 5.00. The molecule has 2 N–H and O–H groups in total. The molecule has 2 heterocycles. The number of hydrogen-bond acceptors (Lipinski definition) is 6. The van der Waals surface area contributed by atoms with Crippen molar-refractivity contribution in [3.8, 4) is 0 Å². The maximum atomic E-state index is 11.9. The fraction of sp³-hybridized carbons (Fsp3) is 0.417. The van der Waals surface area contributed by atoms with Crippen molar-refractivity contribution in [3.63, 3.8) is 0 Å². The molecule has 1 saturated heterocycles. The number of nitrogens with one attached hydrogen (secondary N) is 1. The first-order valence-corrected chi connectivity index (χ1v) is 6.19. The highest BCUT2D eigenvalue weighted by molar-refractivity contribution is 5.97. The summed E-state index contributed by atoms with van der Waals surface area (Å²) in [5.41, 5.74) is -1.70. The van der Waals surface area contributed by atoms with Gasteiger partial charge in [0.05, 0.1) is 4.92 Å². The third-order valence-corrected chi connectivity index (χ3v) is 3.40. The van der Waals surface area contributed by atoms with Crippen LogP contribution in [0.5, 0.6) is 0 Å². The highest BCUT2D eigenvalue weighted by Gasteiger charge is 2.40. The van der Waals surface area contributed by atoms with Crippen molar-refractivity contribution < 1.29 is 19.6 Å². The molecule has 21 heavy (non-hydrogen) atoms. The van der Waals surface area contributed by atoms with Crippen molar-refractivity contribution in [1.82, 2.24) is 10.3 Å². The van der Waals surface area contributed by atoms with Gasteiger partial charge in [-0.05, 0) is 13.8 Å². The van der Waals surface area contributed by atoms with E-state index in [4.69, 9.17) is 0 Å². The summed E-state index contributed by atoms with van der Waals surface area (Å²) in [6, 6.07) is 0.952. The van der Waals surface area contributed by atoms with Crippen LogP contribution >= 0.6 is 0 Å². The van der Waals surface area contributed by atoms with Gasteiger partial charge in [0, 0.05) is 19.2 Å². The summed E-state index contributed by atoms with van der Waals surface area (Å²) in [7, 11) is 0. The van der Waals surface area contributed by atoms with Gasteiger partial charge in [0.15, 0.2) is 0 Å². The van der Waals surface area contributed by atoms with Gasteiger partial charge in [-0.3, -0.25) is 14.9 Å². The van der Waals surface area contributed by atoms with Crippen LogP contribution in [0.1, 0.15) is 24.2 Å². The molecule has 1 aliphatic rings. The smallest absolute Gasteiger partial charge is 0.339 e. The van der Waals surface area contributed by atoms with Crippen molar-refractivity contribution in [3.05, 3.63) is 27.9 Å². The van der Waals surface area contributed by atoms with Crippen molar-refractivity contribution in [2.75, 3.05) is 18.0 Å². The Hall–Kier alpha value is -2.71. The summed E-state index contributed by atoms with van der Waals surface area (Å²) in [6.07, 6.45) is 0.990. The summed E-state index contributed by atoms with van der Waals surface area (Å²) in [6.45, 7) is 3.98. The molecule has 0 aromatic carbocycles. The summed E-state index contributed by atoms with van der Waals surface area (Å²) >= 11 is 0. The van der Waals surface area contributed by atoms with E-state index < -0.39 is 22.1 Å². The summed E-state index contributed by atoms with van der Waals surface area (Å²) in [5, 5.41) is 22.7. The monoisotopic (exact) mass is 294 g/mol. The molecule has 1 aromatic rings. The van der Waals surface area contributed by atoms with Gasteiger partial charge in [-0.1, -0.05) is 0 Å². The summed E-state index contributed by atoms with van der Waals surface area (Å²) < 4.78 is 0. The van der Waals surface area contributed by atoms with Gasteiger partial charge in [-0.15, -0.1) is 0 Å². The van der Waals surface area contributed by atoms with Crippen molar-refractivity contribution in [1.29, 1.82) is 0 Å². The number of amides is 1. The molecule has 0 aliphatic carbocycles. The zero-order chi connectivity index (χ0) is 15.8. The van der Waals surface area contributed by atoms with Gasteiger partial charge in [0.25, 0.3) is 5.69 Å². The van der Waals surface area contributed by atoms with Crippen LogP contribution in [0.2, 0.25) is 0 Å². The molecule has 112 valence electrons. The van der Waals surface area contributed by atoms with E-state index in [2.05, 4.69) is 10.3 Å². The number of nitrogens with zero attached hydrogens (tertiary/aromatic N) is 3. The number of piperazine rings is 1. The van der Waals surface area contributed by atoms with E-state index in [0.717, 1.165) is 12.3 Å². The van der Waals surface area contributed by atoms with Crippen LogP contribution in [0.3, 0.4) is 0 Å². The number of rotatable bonds is 3. The predicted octanol–water partition coefficient (Wildman–Crippen LogP) is 0.403. The zero-order valence-corrected chi connectivity index (χ0v) is 11.5. The molecule has 0 saturated carbocycles. The molecule has 9 heteroatoms. The van der Waals surface area contributed by atoms with Crippen LogP contribution in [-0.4, -0.2) is 45.5 Å². The van der Waals surface area contributed by atoms with E-state index in [-0.39, 0.29) is 17.3 Å². The number of aromatic nitrogens is 1. The minimum absolute atomic E-state index is 0.0490.